The van der Waals surface area contributed by atoms with Gasteiger partial charge in [-0.15, -0.1) is 0 Å². The highest BCUT2D eigenvalue weighted by atomic mass is 19.2. The third-order valence-electron chi connectivity index (χ3n) is 6.49. The number of fused-ring (bicyclic) bond motifs is 2. The second-order valence-electron chi connectivity index (χ2n) is 8.61. The van der Waals surface area contributed by atoms with E-state index in [1.807, 2.05) is 6.92 Å². The molecule has 1 saturated carbocycles. The minimum Gasteiger partial charge on any atom is -0.493 e. The third-order valence-corrected chi connectivity index (χ3v) is 6.49. The fraction of sp³-hybridized carbons (Fsp3) is 0.304. The fourth-order valence-electron chi connectivity index (χ4n) is 4.90. The van der Waals surface area contributed by atoms with Crippen molar-refractivity contribution >= 4 is 17.4 Å². The Balaban J connectivity index is 1.53. The molecular weight excluding hydrogens is 444 g/mol. The standard InChI is InChI=1S/C23H19F2N7O2/c1-2-3-15-20-26-10-27-32(20)9-16(28-15)18-29-19-17(21(33)30-18)23(11-4-5-11,22(34)31-19)12-6-7-13(24)14(25)8-12/h6-11H,2-5H2,1H3,(H2,29,30,31,33,34). The van der Waals surface area contributed by atoms with E-state index >= 15 is 0 Å². The molecule has 1 unspecified atom stereocenters. The van der Waals surface area contributed by atoms with Gasteiger partial charge in [0.2, 0.25) is 11.8 Å². The molecule has 1 amide bonds. The summed E-state index contributed by atoms with van der Waals surface area (Å²) in [6.45, 7) is 2.02. The van der Waals surface area contributed by atoms with Crippen LogP contribution in [0.15, 0.2) is 30.7 Å². The minimum atomic E-state index is -1.40. The Morgan fingerprint density at radius 1 is 1.21 bits per heavy atom. The number of carbonyl (C=O) groups is 1. The van der Waals surface area contributed by atoms with Crippen molar-refractivity contribution in [3.05, 3.63) is 59.2 Å². The molecule has 34 heavy (non-hydrogen) atoms. The van der Waals surface area contributed by atoms with Crippen molar-refractivity contribution in [2.75, 3.05) is 5.32 Å². The summed E-state index contributed by atoms with van der Waals surface area (Å²) in [5, 5.41) is 18.0. The van der Waals surface area contributed by atoms with Gasteiger partial charge in [-0.1, -0.05) is 19.4 Å². The topological polar surface area (TPSA) is 118 Å². The molecule has 4 aromatic rings. The fourth-order valence-corrected chi connectivity index (χ4v) is 4.90. The minimum absolute atomic E-state index is 0.100. The molecule has 0 spiro atoms. The van der Waals surface area contributed by atoms with Gasteiger partial charge < -0.3 is 10.4 Å². The van der Waals surface area contributed by atoms with Crippen LogP contribution in [0.1, 0.15) is 43.0 Å². The number of anilines is 1. The normalized spacial score (nSPS) is 19.4. The molecule has 172 valence electrons. The van der Waals surface area contributed by atoms with E-state index in [0.29, 0.717) is 36.3 Å². The van der Waals surface area contributed by atoms with Crippen LogP contribution in [0, 0.1) is 17.6 Å². The summed E-state index contributed by atoms with van der Waals surface area (Å²) >= 11 is 0. The molecular formula is C23H19F2N7O2. The first-order chi connectivity index (χ1) is 16.4. The van der Waals surface area contributed by atoms with Gasteiger partial charge in [-0.2, -0.15) is 10.1 Å². The first-order valence-electron chi connectivity index (χ1n) is 11.0. The summed E-state index contributed by atoms with van der Waals surface area (Å²) in [6.07, 6.45) is 5.90. The number of aromatic nitrogens is 6. The molecule has 1 aliphatic heterocycles. The van der Waals surface area contributed by atoms with E-state index < -0.39 is 28.8 Å². The van der Waals surface area contributed by atoms with E-state index in [4.69, 9.17) is 0 Å². The van der Waals surface area contributed by atoms with Crippen molar-refractivity contribution in [1.82, 2.24) is 29.5 Å². The first kappa shape index (κ1) is 20.6. The van der Waals surface area contributed by atoms with Gasteiger partial charge in [-0.3, -0.25) is 4.79 Å². The highest BCUT2D eigenvalue weighted by molar-refractivity contribution is 6.09. The second kappa shape index (κ2) is 7.24. The van der Waals surface area contributed by atoms with E-state index in [-0.39, 0.29) is 28.7 Å². The van der Waals surface area contributed by atoms with Crippen LogP contribution in [-0.4, -0.2) is 40.6 Å². The van der Waals surface area contributed by atoms with Crippen LogP contribution >= 0.6 is 0 Å². The molecule has 4 heterocycles. The maximum Gasteiger partial charge on any atom is 0.241 e. The zero-order chi connectivity index (χ0) is 23.6. The summed E-state index contributed by atoms with van der Waals surface area (Å²) in [4.78, 5) is 31.0. The van der Waals surface area contributed by atoms with Crippen LogP contribution in [0.5, 0.6) is 5.88 Å². The molecule has 2 aliphatic rings. The number of hydrogen-bond donors (Lipinski definition) is 2. The number of nitrogens with zero attached hydrogens (tertiary/aromatic N) is 6. The molecule has 1 aromatic carbocycles. The predicted octanol–water partition coefficient (Wildman–Crippen LogP) is 3.17. The smallest absolute Gasteiger partial charge is 0.241 e. The lowest BCUT2D eigenvalue weighted by atomic mass is 9.72. The lowest BCUT2D eigenvalue weighted by Gasteiger charge is -2.28. The van der Waals surface area contributed by atoms with Crippen LogP contribution in [-0.2, 0) is 16.6 Å². The quantitative estimate of drug-likeness (QED) is 0.467. The van der Waals surface area contributed by atoms with Crippen LogP contribution in [0.25, 0.3) is 17.2 Å². The lowest BCUT2D eigenvalue weighted by Crippen LogP contribution is -2.38. The number of benzene rings is 1. The van der Waals surface area contributed by atoms with Gasteiger partial charge in [0.1, 0.15) is 23.3 Å². The first-order valence-corrected chi connectivity index (χ1v) is 11.0. The van der Waals surface area contributed by atoms with Crippen molar-refractivity contribution in [1.29, 1.82) is 0 Å². The molecule has 1 atom stereocenters. The Kier molecular flexibility index (Phi) is 4.38. The van der Waals surface area contributed by atoms with E-state index in [9.17, 15) is 18.7 Å². The number of halogens is 2. The van der Waals surface area contributed by atoms with E-state index in [1.54, 1.807) is 10.7 Å². The van der Waals surface area contributed by atoms with Gasteiger partial charge in [0, 0.05) is 0 Å². The Bertz CT molecular complexity index is 1480. The zero-order valence-electron chi connectivity index (χ0n) is 18.1. The molecule has 3 aromatic heterocycles. The average Bonchev–Trinajstić information content (AvgIpc) is 3.46. The molecule has 1 aliphatic carbocycles. The van der Waals surface area contributed by atoms with Crippen molar-refractivity contribution in [2.45, 2.75) is 38.0 Å². The van der Waals surface area contributed by atoms with Gasteiger partial charge in [0.25, 0.3) is 0 Å². The molecule has 0 saturated heterocycles. The molecule has 11 heteroatoms. The number of aromatic hydroxyl groups is 1. The number of carbonyl (C=O) groups excluding carboxylic acids is 1. The summed E-state index contributed by atoms with van der Waals surface area (Å²) in [6, 6.07) is 3.36. The average molecular weight is 463 g/mol. The van der Waals surface area contributed by atoms with E-state index in [1.165, 1.54) is 12.4 Å². The Morgan fingerprint density at radius 2 is 2.03 bits per heavy atom. The van der Waals surface area contributed by atoms with Gasteiger partial charge >= 0.3 is 0 Å². The zero-order valence-corrected chi connectivity index (χ0v) is 18.1. The van der Waals surface area contributed by atoms with Crippen LogP contribution in [0.3, 0.4) is 0 Å². The molecule has 1 fully saturated rings. The van der Waals surface area contributed by atoms with Crippen molar-refractivity contribution in [3.8, 4) is 17.4 Å². The summed E-state index contributed by atoms with van der Waals surface area (Å²) in [5.41, 5.74) is 0.707. The van der Waals surface area contributed by atoms with E-state index in [2.05, 4.69) is 30.4 Å². The Labute approximate surface area is 191 Å². The summed E-state index contributed by atoms with van der Waals surface area (Å²) in [7, 11) is 0. The Morgan fingerprint density at radius 3 is 2.76 bits per heavy atom. The van der Waals surface area contributed by atoms with Crippen molar-refractivity contribution < 1.29 is 18.7 Å². The number of nitrogens with one attached hydrogen (secondary N) is 1. The van der Waals surface area contributed by atoms with Crippen molar-refractivity contribution in [2.24, 2.45) is 5.92 Å². The number of rotatable bonds is 5. The summed E-state index contributed by atoms with van der Waals surface area (Å²) < 4.78 is 29.4. The monoisotopic (exact) mass is 463 g/mol. The highest BCUT2D eigenvalue weighted by Gasteiger charge is 2.60. The van der Waals surface area contributed by atoms with Gasteiger partial charge in [-0.25, -0.2) is 28.2 Å². The predicted molar refractivity (Wildman–Crippen MR) is 116 cm³/mol. The molecule has 9 nitrogen and oxygen atoms in total. The van der Waals surface area contributed by atoms with Crippen LogP contribution in [0.2, 0.25) is 0 Å². The molecule has 2 N–H and O–H groups in total. The maximum atomic E-state index is 14.2. The molecule has 0 radical (unpaired) electrons. The Hall–Kier alpha value is -4.02. The highest BCUT2D eigenvalue weighted by Crippen LogP contribution is 2.58. The number of amides is 1. The lowest BCUT2D eigenvalue weighted by molar-refractivity contribution is -0.120. The summed E-state index contributed by atoms with van der Waals surface area (Å²) in [5.74, 6) is -2.91. The SMILES string of the molecule is CCCc1nc(-c2nc(O)c3c(n2)NC(=O)C3(c2ccc(F)c(F)c2)C2CC2)cn2ncnc12. The van der Waals surface area contributed by atoms with E-state index in [0.717, 1.165) is 18.6 Å². The largest absolute Gasteiger partial charge is 0.493 e. The van der Waals surface area contributed by atoms with Gasteiger partial charge in [0.15, 0.2) is 23.1 Å². The van der Waals surface area contributed by atoms with Gasteiger partial charge in [0.05, 0.1) is 17.5 Å². The van der Waals surface area contributed by atoms with Gasteiger partial charge in [-0.05, 0) is 42.9 Å². The number of aryl methyl sites for hydroxylation is 1. The molecule has 6 rings (SSSR count). The van der Waals surface area contributed by atoms with Crippen LogP contribution < -0.4 is 5.32 Å². The second-order valence-corrected chi connectivity index (χ2v) is 8.61. The third kappa shape index (κ3) is 2.82. The number of hydrogen-bond acceptors (Lipinski definition) is 7. The maximum absolute atomic E-state index is 14.2. The van der Waals surface area contributed by atoms with Crippen molar-refractivity contribution in [3.63, 3.8) is 0 Å². The molecule has 0 bridgehead atoms. The van der Waals surface area contributed by atoms with Crippen LogP contribution in [0.4, 0.5) is 14.6 Å².